The zero-order chi connectivity index (χ0) is 23.0. The van der Waals surface area contributed by atoms with Gasteiger partial charge in [0.1, 0.15) is 11.6 Å². The number of piperidine rings is 1. The minimum Gasteiger partial charge on any atom is -0.341 e. The summed E-state index contributed by atoms with van der Waals surface area (Å²) < 4.78 is 56.8. The van der Waals surface area contributed by atoms with Crippen LogP contribution in [0.15, 0.2) is 42.5 Å². The van der Waals surface area contributed by atoms with Crippen molar-refractivity contribution in [2.45, 2.75) is 31.2 Å². The van der Waals surface area contributed by atoms with Gasteiger partial charge >= 0.3 is 0 Å². The number of nitrogens with one attached hydrogen (secondary N) is 1. The molecule has 1 heterocycles. The summed E-state index contributed by atoms with van der Waals surface area (Å²) in [4.78, 5) is 14.9. The Morgan fingerprint density at radius 2 is 1.78 bits per heavy atom. The molecule has 0 spiro atoms. The Hall–Kier alpha value is -2.36. The highest BCUT2D eigenvalue weighted by molar-refractivity contribution is 7.87. The number of hydrogen-bond acceptors (Lipinski definition) is 3. The first-order chi connectivity index (χ1) is 15.2. The zero-order valence-corrected chi connectivity index (χ0v) is 18.9. The van der Waals surface area contributed by atoms with Crippen LogP contribution in [0.1, 0.15) is 30.7 Å². The van der Waals surface area contributed by atoms with E-state index in [4.69, 9.17) is 0 Å². The number of hydrogen-bond donors (Lipinski definition) is 1. The van der Waals surface area contributed by atoms with E-state index in [1.54, 1.807) is 17.0 Å². The molecular formula is C23H27F2N3O3S. The second-order valence-corrected chi connectivity index (χ2v) is 10.6. The standard InChI is InChI=1S/C23H27F2N3O3S/c1-27(2)32(30,31)26-15-7-6-12-28(14-15)23(29)19-13-18(19)16-8-3-4-9-17(16)22-20(24)10-5-11-21(22)25/h3-5,8-11,15,18-19,26H,6-7,12-14H2,1-2H3. The summed E-state index contributed by atoms with van der Waals surface area (Å²) in [5, 5.41) is 0. The van der Waals surface area contributed by atoms with Crippen molar-refractivity contribution in [1.29, 1.82) is 0 Å². The van der Waals surface area contributed by atoms with E-state index in [1.807, 2.05) is 12.1 Å². The van der Waals surface area contributed by atoms with E-state index in [2.05, 4.69) is 4.72 Å². The fraction of sp³-hybridized carbons (Fsp3) is 0.435. The highest BCUT2D eigenvalue weighted by Crippen LogP contribution is 2.51. The van der Waals surface area contributed by atoms with Crippen LogP contribution in [0.25, 0.3) is 11.1 Å². The molecule has 1 aliphatic carbocycles. The van der Waals surface area contributed by atoms with Crippen LogP contribution in [0.4, 0.5) is 8.78 Å². The van der Waals surface area contributed by atoms with E-state index in [-0.39, 0.29) is 29.3 Å². The summed E-state index contributed by atoms with van der Waals surface area (Å²) in [6.07, 6.45) is 1.98. The first kappa shape index (κ1) is 22.8. The van der Waals surface area contributed by atoms with Crippen molar-refractivity contribution in [3.63, 3.8) is 0 Å². The van der Waals surface area contributed by atoms with Crippen molar-refractivity contribution in [3.05, 3.63) is 59.7 Å². The molecule has 1 amide bonds. The Morgan fingerprint density at radius 1 is 1.09 bits per heavy atom. The van der Waals surface area contributed by atoms with Gasteiger partial charge in [0.05, 0.1) is 5.56 Å². The molecule has 4 rings (SSSR count). The number of amides is 1. The molecule has 2 aromatic carbocycles. The largest absolute Gasteiger partial charge is 0.341 e. The van der Waals surface area contributed by atoms with Crippen LogP contribution in [0.3, 0.4) is 0 Å². The summed E-state index contributed by atoms with van der Waals surface area (Å²) in [7, 11) is -0.661. The van der Waals surface area contributed by atoms with Crippen molar-refractivity contribution in [2.24, 2.45) is 5.92 Å². The lowest BCUT2D eigenvalue weighted by molar-refractivity contribution is -0.133. The third-order valence-corrected chi connectivity index (χ3v) is 7.82. The molecule has 3 atom stereocenters. The van der Waals surface area contributed by atoms with Crippen LogP contribution < -0.4 is 4.72 Å². The van der Waals surface area contributed by atoms with E-state index in [0.717, 1.165) is 9.87 Å². The molecule has 3 unspecified atom stereocenters. The number of benzene rings is 2. The zero-order valence-electron chi connectivity index (χ0n) is 18.1. The van der Waals surface area contributed by atoms with Gasteiger partial charge in [-0.1, -0.05) is 30.3 Å². The van der Waals surface area contributed by atoms with Crippen LogP contribution in [-0.2, 0) is 15.0 Å². The molecule has 172 valence electrons. The van der Waals surface area contributed by atoms with Crippen molar-refractivity contribution >= 4 is 16.1 Å². The topological polar surface area (TPSA) is 69.7 Å². The summed E-state index contributed by atoms with van der Waals surface area (Å²) in [6.45, 7) is 0.893. The van der Waals surface area contributed by atoms with Gasteiger partial charge in [-0.15, -0.1) is 0 Å². The van der Waals surface area contributed by atoms with Crippen molar-refractivity contribution in [2.75, 3.05) is 27.2 Å². The molecule has 2 aliphatic rings. The number of halogens is 2. The maximum Gasteiger partial charge on any atom is 0.279 e. The quantitative estimate of drug-likeness (QED) is 0.716. The van der Waals surface area contributed by atoms with Crippen molar-refractivity contribution in [3.8, 4) is 11.1 Å². The summed E-state index contributed by atoms with van der Waals surface area (Å²) >= 11 is 0. The Balaban J connectivity index is 1.49. The molecule has 0 radical (unpaired) electrons. The van der Waals surface area contributed by atoms with Crippen LogP contribution in [0.5, 0.6) is 0 Å². The summed E-state index contributed by atoms with van der Waals surface area (Å²) in [5.74, 6) is -1.68. The molecule has 0 aromatic heterocycles. The van der Waals surface area contributed by atoms with Gasteiger partial charge in [-0.05, 0) is 48.4 Å². The lowest BCUT2D eigenvalue weighted by Gasteiger charge is -2.33. The number of likely N-dealkylation sites (tertiary alicyclic amines) is 1. The van der Waals surface area contributed by atoms with Gasteiger partial charge in [-0.2, -0.15) is 17.4 Å². The Kier molecular flexibility index (Phi) is 6.33. The maximum atomic E-state index is 14.4. The van der Waals surface area contributed by atoms with Gasteiger partial charge in [0.25, 0.3) is 10.2 Å². The molecule has 1 saturated carbocycles. The Morgan fingerprint density at radius 3 is 2.47 bits per heavy atom. The van der Waals surface area contributed by atoms with E-state index in [9.17, 15) is 22.0 Å². The fourth-order valence-electron chi connectivity index (χ4n) is 4.44. The van der Waals surface area contributed by atoms with Crippen LogP contribution in [0, 0.1) is 17.6 Å². The molecule has 9 heteroatoms. The molecule has 1 N–H and O–H groups in total. The van der Waals surface area contributed by atoms with Gasteiger partial charge < -0.3 is 4.90 Å². The maximum absolute atomic E-state index is 14.4. The van der Waals surface area contributed by atoms with Crippen LogP contribution >= 0.6 is 0 Å². The number of carbonyl (C=O) groups is 1. The normalized spacial score (nSPS) is 23.4. The van der Waals surface area contributed by atoms with Crippen LogP contribution in [-0.4, -0.2) is 56.8 Å². The average Bonchev–Trinajstić information content (AvgIpc) is 3.54. The highest BCUT2D eigenvalue weighted by Gasteiger charge is 2.47. The van der Waals surface area contributed by atoms with Crippen LogP contribution in [0.2, 0.25) is 0 Å². The molecule has 1 saturated heterocycles. The van der Waals surface area contributed by atoms with E-state index < -0.39 is 21.8 Å². The number of nitrogens with zero attached hydrogens (tertiary/aromatic N) is 2. The molecule has 1 aliphatic heterocycles. The SMILES string of the molecule is CN(C)S(=O)(=O)NC1CCCN(C(=O)C2CC2c2ccccc2-c2c(F)cccc2F)C1. The second-order valence-electron chi connectivity index (χ2n) is 8.66. The number of carbonyl (C=O) groups excluding carboxylic acids is 1. The number of rotatable bonds is 6. The first-order valence-electron chi connectivity index (χ1n) is 10.7. The third-order valence-electron chi connectivity index (χ3n) is 6.23. The van der Waals surface area contributed by atoms with Gasteiger partial charge in [0.15, 0.2) is 0 Å². The minimum absolute atomic E-state index is 0.0347. The average molecular weight is 464 g/mol. The van der Waals surface area contributed by atoms with E-state index in [1.165, 1.54) is 32.3 Å². The molecule has 32 heavy (non-hydrogen) atoms. The first-order valence-corrected chi connectivity index (χ1v) is 12.1. The van der Waals surface area contributed by atoms with Gasteiger partial charge in [-0.25, -0.2) is 8.78 Å². The molecule has 2 aromatic rings. The Bertz CT molecular complexity index is 1100. The van der Waals surface area contributed by atoms with Gasteiger partial charge in [-0.3, -0.25) is 4.79 Å². The summed E-state index contributed by atoms with van der Waals surface area (Å²) in [6, 6.07) is 10.5. The molecule has 2 fully saturated rings. The second kappa shape index (κ2) is 8.88. The molecular weight excluding hydrogens is 436 g/mol. The van der Waals surface area contributed by atoms with E-state index >= 15 is 0 Å². The summed E-state index contributed by atoms with van der Waals surface area (Å²) in [5.41, 5.74) is 1.16. The smallest absolute Gasteiger partial charge is 0.279 e. The fourth-order valence-corrected chi connectivity index (χ4v) is 5.26. The van der Waals surface area contributed by atoms with E-state index in [0.29, 0.717) is 37.9 Å². The van der Waals surface area contributed by atoms with Gasteiger partial charge in [0, 0.05) is 39.1 Å². The lowest BCUT2D eigenvalue weighted by Crippen LogP contribution is -2.52. The monoisotopic (exact) mass is 463 g/mol. The third kappa shape index (κ3) is 4.55. The van der Waals surface area contributed by atoms with Crippen molar-refractivity contribution in [1.82, 2.24) is 13.9 Å². The molecule has 6 nitrogen and oxygen atoms in total. The molecule has 0 bridgehead atoms. The van der Waals surface area contributed by atoms with Gasteiger partial charge in [0.2, 0.25) is 5.91 Å². The predicted molar refractivity (Wildman–Crippen MR) is 118 cm³/mol. The highest BCUT2D eigenvalue weighted by atomic mass is 32.2. The lowest BCUT2D eigenvalue weighted by atomic mass is 9.95. The van der Waals surface area contributed by atoms with Crippen molar-refractivity contribution < 1.29 is 22.0 Å². The Labute approximate surface area is 187 Å². The minimum atomic E-state index is -3.58. The predicted octanol–water partition coefficient (Wildman–Crippen LogP) is 3.12.